The summed E-state index contributed by atoms with van der Waals surface area (Å²) in [7, 11) is -2.11. The number of aliphatic hydroxyl groups excluding tert-OH is 1. The maximum absolute atomic E-state index is 12.4. The van der Waals surface area contributed by atoms with Gasteiger partial charge in [0, 0.05) is 19.7 Å². The fraction of sp³-hybridized carbons (Fsp3) is 0.500. The van der Waals surface area contributed by atoms with Gasteiger partial charge in [0.1, 0.15) is 5.75 Å². The van der Waals surface area contributed by atoms with Gasteiger partial charge in [-0.25, -0.2) is 8.42 Å². The number of sulfonamides is 1. The summed E-state index contributed by atoms with van der Waals surface area (Å²) in [5, 5.41) is 8.80. The molecule has 0 aromatic heterocycles. The molecule has 0 unspecified atom stereocenters. The molecule has 0 spiro atoms. The van der Waals surface area contributed by atoms with Crippen LogP contribution in [0.4, 0.5) is 5.69 Å². The number of hydrogen-bond acceptors (Lipinski definition) is 5. The van der Waals surface area contributed by atoms with Crippen molar-refractivity contribution in [1.82, 2.24) is 4.31 Å². The number of hydrogen-bond donors (Lipinski definition) is 2. The average Bonchev–Trinajstić information content (AvgIpc) is 2.39. The van der Waals surface area contributed by atoms with Crippen molar-refractivity contribution in [3.8, 4) is 5.75 Å². The first-order chi connectivity index (χ1) is 8.97. The van der Waals surface area contributed by atoms with Crippen LogP contribution < -0.4 is 10.5 Å². The number of methoxy groups -OCH3 is 1. The first-order valence-electron chi connectivity index (χ1n) is 6.01. The van der Waals surface area contributed by atoms with Crippen molar-refractivity contribution in [3.63, 3.8) is 0 Å². The minimum absolute atomic E-state index is 0.0449. The van der Waals surface area contributed by atoms with Gasteiger partial charge in [-0.05, 0) is 24.6 Å². The van der Waals surface area contributed by atoms with E-state index in [1.54, 1.807) is 6.92 Å². The lowest BCUT2D eigenvalue weighted by atomic mass is 10.3. The van der Waals surface area contributed by atoms with Gasteiger partial charge in [-0.15, -0.1) is 0 Å². The van der Waals surface area contributed by atoms with Crippen molar-refractivity contribution in [1.29, 1.82) is 0 Å². The van der Waals surface area contributed by atoms with Crippen LogP contribution in [-0.2, 0) is 10.0 Å². The molecule has 0 aliphatic rings. The van der Waals surface area contributed by atoms with Crippen LogP contribution in [0.2, 0.25) is 0 Å². The highest BCUT2D eigenvalue weighted by Gasteiger charge is 2.23. The lowest BCUT2D eigenvalue weighted by molar-refractivity contribution is 0.271. The Hall–Kier alpha value is -1.31. The van der Waals surface area contributed by atoms with E-state index in [1.165, 1.54) is 29.6 Å². The Morgan fingerprint density at radius 1 is 1.42 bits per heavy atom. The predicted molar refractivity (Wildman–Crippen MR) is 73.5 cm³/mol. The molecule has 1 aromatic carbocycles. The molecule has 0 aliphatic heterocycles. The SMILES string of the molecule is CCN(CCCO)S(=O)(=O)c1ccc(OC)c(N)c1. The molecule has 1 rings (SSSR count). The smallest absolute Gasteiger partial charge is 0.243 e. The highest BCUT2D eigenvalue weighted by atomic mass is 32.2. The minimum atomic E-state index is -3.58. The fourth-order valence-corrected chi connectivity index (χ4v) is 3.24. The molecule has 0 amide bonds. The van der Waals surface area contributed by atoms with Gasteiger partial charge < -0.3 is 15.6 Å². The van der Waals surface area contributed by atoms with Crippen LogP contribution in [0, 0.1) is 0 Å². The summed E-state index contributed by atoms with van der Waals surface area (Å²) in [6, 6.07) is 4.38. The fourth-order valence-electron chi connectivity index (χ4n) is 1.72. The Morgan fingerprint density at radius 3 is 2.58 bits per heavy atom. The first kappa shape index (κ1) is 15.7. The van der Waals surface area contributed by atoms with Crippen molar-refractivity contribution in [2.45, 2.75) is 18.2 Å². The molecule has 0 aliphatic carbocycles. The third-order valence-electron chi connectivity index (χ3n) is 2.76. The van der Waals surface area contributed by atoms with E-state index in [1.807, 2.05) is 0 Å². The normalized spacial score (nSPS) is 11.8. The van der Waals surface area contributed by atoms with E-state index in [2.05, 4.69) is 0 Å². The molecule has 0 fully saturated rings. The summed E-state index contributed by atoms with van der Waals surface area (Å²) in [5.74, 6) is 0.442. The Kier molecular flexibility index (Phi) is 5.59. The second-order valence-electron chi connectivity index (χ2n) is 3.98. The number of aliphatic hydroxyl groups is 1. The molecule has 0 saturated heterocycles. The van der Waals surface area contributed by atoms with Gasteiger partial charge in [-0.2, -0.15) is 4.31 Å². The van der Waals surface area contributed by atoms with E-state index < -0.39 is 10.0 Å². The molecular weight excluding hydrogens is 268 g/mol. The topological polar surface area (TPSA) is 92.9 Å². The minimum Gasteiger partial charge on any atom is -0.495 e. The quantitative estimate of drug-likeness (QED) is 0.719. The molecule has 0 saturated carbocycles. The summed E-state index contributed by atoms with van der Waals surface area (Å²) in [4.78, 5) is 0.130. The first-order valence-corrected chi connectivity index (χ1v) is 7.45. The number of nitrogens with zero attached hydrogens (tertiary/aromatic N) is 1. The van der Waals surface area contributed by atoms with Crippen LogP contribution in [0.25, 0.3) is 0 Å². The van der Waals surface area contributed by atoms with E-state index >= 15 is 0 Å². The van der Waals surface area contributed by atoms with Gasteiger partial charge >= 0.3 is 0 Å². The number of nitrogen functional groups attached to an aromatic ring is 1. The summed E-state index contributed by atoms with van der Waals surface area (Å²) in [6.45, 7) is 2.33. The van der Waals surface area contributed by atoms with Gasteiger partial charge in [0.15, 0.2) is 0 Å². The van der Waals surface area contributed by atoms with Gasteiger partial charge in [-0.1, -0.05) is 6.92 Å². The van der Waals surface area contributed by atoms with E-state index in [-0.39, 0.29) is 23.7 Å². The number of anilines is 1. The molecule has 3 N–H and O–H groups in total. The number of ether oxygens (including phenoxy) is 1. The zero-order chi connectivity index (χ0) is 14.5. The second kappa shape index (κ2) is 6.74. The number of nitrogens with two attached hydrogens (primary N) is 1. The zero-order valence-corrected chi connectivity index (χ0v) is 12.0. The molecule has 7 heteroatoms. The van der Waals surface area contributed by atoms with Crippen LogP contribution >= 0.6 is 0 Å². The summed E-state index contributed by atoms with van der Waals surface area (Å²) in [5.41, 5.74) is 6.00. The third-order valence-corrected chi connectivity index (χ3v) is 4.73. The number of rotatable bonds is 7. The van der Waals surface area contributed by atoms with Crippen molar-refractivity contribution in [2.75, 3.05) is 32.5 Å². The maximum atomic E-state index is 12.4. The Morgan fingerprint density at radius 2 is 2.11 bits per heavy atom. The highest BCUT2D eigenvalue weighted by molar-refractivity contribution is 7.89. The molecule has 19 heavy (non-hydrogen) atoms. The molecule has 108 valence electrons. The van der Waals surface area contributed by atoms with Crippen molar-refractivity contribution in [2.24, 2.45) is 0 Å². The molecule has 0 bridgehead atoms. The second-order valence-corrected chi connectivity index (χ2v) is 5.92. The maximum Gasteiger partial charge on any atom is 0.243 e. The summed E-state index contributed by atoms with van der Waals surface area (Å²) in [6.07, 6.45) is 0.401. The Balaban J connectivity index is 3.07. The van der Waals surface area contributed by atoms with Crippen LogP contribution in [0.5, 0.6) is 5.75 Å². The third kappa shape index (κ3) is 3.59. The molecule has 0 atom stereocenters. The molecule has 6 nitrogen and oxygen atoms in total. The highest BCUT2D eigenvalue weighted by Crippen LogP contribution is 2.26. The molecule has 0 heterocycles. The number of benzene rings is 1. The lowest BCUT2D eigenvalue weighted by Crippen LogP contribution is -2.32. The Bertz CT molecular complexity index is 516. The van der Waals surface area contributed by atoms with Gasteiger partial charge in [-0.3, -0.25) is 0 Å². The van der Waals surface area contributed by atoms with E-state index in [0.717, 1.165) is 0 Å². The summed E-state index contributed by atoms with van der Waals surface area (Å²) < 4.78 is 31.0. The predicted octanol–water partition coefficient (Wildman–Crippen LogP) is 0.670. The zero-order valence-electron chi connectivity index (χ0n) is 11.2. The van der Waals surface area contributed by atoms with Gasteiger partial charge in [0.25, 0.3) is 0 Å². The van der Waals surface area contributed by atoms with Crippen molar-refractivity contribution in [3.05, 3.63) is 18.2 Å². The monoisotopic (exact) mass is 288 g/mol. The lowest BCUT2D eigenvalue weighted by Gasteiger charge is -2.20. The van der Waals surface area contributed by atoms with E-state index in [4.69, 9.17) is 15.6 Å². The van der Waals surface area contributed by atoms with Crippen LogP contribution in [0.1, 0.15) is 13.3 Å². The van der Waals surface area contributed by atoms with Crippen LogP contribution in [0.3, 0.4) is 0 Å². The standard InChI is InChI=1S/C12H20N2O4S/c1-3-14(7-4-8-15)19(16,17)10-5-6-12(18-2)11(13)9-10/h5-6,9,15H,3-4,7-8,13H2,1-2H3. The van der Waals surface area contributed by atoms with Gasteiger partial charge in [0.05, 0.1) is 17.7 Å². The largest absolute Gasteiger partial charge is 0.495 e. The van der Waals surface area contributed by atoms with Crippen molar-refractivity contribution < 1.29 is 18.3 Å². The Labute approximate surface area is 113 Å². The molecular formula is C12H20N2O4S. The van der Waals surface area contributed by atoms with E-state index in [0.29, 0.717) is 18.7 Å². The van der Waals surface area contributed by atoms with Gasteiger partial charge in [0.2, 0.25) is 10.0 Å². The molecule has 0 radical (unpaired) electrons. The average molecular weight is 288 g/mol. The molecule has 1 aromatic rings. The van der Waals surface area contributed by atoms with Crippen LogP contribution in [0.15, 0.2) is 23.1 Å². The summed E-state index contributed by atoms with van der Waals surface area (Å²) >= 11 is 0. The van der Waals surface area contributed by atoms with E-state index in [9.17, 15) is 8.42 Å². The van der Waals surface area contributed by atoms with Crippen LogP contribution in [-0.4, -0.2) is 44.6 Å². The van der Waals surface area contributed by atoms with Crippen molar-refractivity contribution >= 4 is 15.7 Å².